The van der Waals surface area contributed by atoms with Crippen LogP contribution in [0.4, 0.5) is 0 Å². The first-order valence-electron chi connectivity index (χ1n) is 9.17. The molecule has 0 fully saturated rings. The Morgan fingerprint density at radius 3 is 2.54 bits per heavy atom. The Morgan fingerprint density at radius 2 is 1.89 bits per heavy atom. The second-order valence-electron chi connectivity index (χ2n) is 6.37. The van der Waals surface area contributed by atoms with Crippen molar-refractivity contribution in [3.8, 4) is 17.1 Å². The number of carbonyl (C=O) groups excluding carboxylic acids is 1. The maximum atomic E-state index is 12.3. The summed E-state index contributed by atoms with van der Waals surface area (Å²) in [5, 5.41) is 10.6. The number of hydrogen-bond acceptors (Lipinski definition) is 5. The molecule has 28 heavy (non-hydrogen) atoms. The van der Waals surface area contributed by atoms with Gasteiger partial charge in [-0.3, -0.25) is 9.89 Å². The van der Waals surface area contributed by atoms with Gasteiger partial charge in [-0.2, -0.15) is 0 Å². The number of carbonyl (C=O) groups is 1. The predicted molar refractivity (Wildman–Crippen MR) is 111 cm³/mol. The molecule has 146 valence electrons. The minimum absolute atomic E-state index is 0.0407. The molecular weight excluding hydrogens is 372 g/mol. The normalized spacial score (nSPS) is 11.8. The number of aryl methyl sites for hydroxylation is 1. The van der Waals surface area contributed by atoms with Gasteiger partial charge in [-0.15, -0.1) is 5.10 Å². The summed E-state index contributed by atoms with van der Waals surface area (Å²) in [6, 6.07) is 15.8. The number of hydrogen-bond donors (Lipinski definition) is 2. The van der Waals surface area contributed by atoms with Crippen molar-refractivity contribution in [3.63, 3.8) is 0 Å². The smallest absolute Gasteiger partial charge is 0.230 e. The third-order valence-electron chi connectivity index (χ3n) is 4.43. The van der Waals surface area contributed by atoms with Crippen molar-refractivity contribution in [1.82, 2.24) is 20.5 Å². The van der Waals surface area contributed by atoms with Gasteiger partial charge in [0.05, 0.1) is 18.9 Å². The molecule has 3 aromatic rings. The van der Waals surface area contributed by atoms with E-state index in [1.807, 2.05) is 31.2 Å². The van der Waals surface area contributed by atoms with Gasteiger partial charge in [0, 0.05) is 5.56 Å². The number of thioether (sulfide) groups is 1. The van der Waals surface area contributed by atoms with Crippen molar-refractivity contribution in [2.45, 2.75) is 31.5 Å². The van der Waals surface area contributed by atoms with Crippen molar-refractivity contribution in [3.05, 3.63) is 59.7 Å². The number of amides is 1. The third-order valence-corrected chi connectivity index (χ3v) is 5.27. The first-order chi connectivity index (χ1) is 13.6. The van der Waals surface area contributed by atoms with Gasteiger partial charge < -0.3 is 10.1 Å². The van der Waals surface area contributed by atoms with E-state index < -0.39 is 0 Å². The molecule has 0 aliphatic heterocycles. The second kappa shape index (κ2) is 9.41. The number of methoxy groups -OCH3 is 1. The lowest BCUT2D eigenvalue weighted by molar-refractivity contribution is -0.119. The average molecular weight is 397 g/mol. The van der Waals surface area contributed by atoms with Crippen LogP contribution >= 0.6 is 11.8 Å². The van der Waals surface area contributed by atoms with Crippen LogP contribution in [0.3, 0.4) is 0 Å². The summed E-state index contributed by atoms with van der Waals surface area (Å²) in [6.45, 7) is 4.11. The van der Waals surface area contributed by atoms with Crippen molar-refractivity contribution in [1.29, 1.82) is 0 Å². The molecule has 2 N–H and O–H groups in total. The van der Waals surface area contributed by atoms with Crippen LogP contribution in [0.2, 0.25) is 0 Å². The zero-order chi connectivity index (χ0) is 19.9. The van der Waals surface area contributed by atoms with E-state index in [4.69, 9.17) is 4.74 Å². The number of aromatic nitrogens is 3. The van der Waals surface area contributed by atoms with E-state index in [9.17, 15) is 4.79 Å². The lowest BCUT2D eigenvalue weighted by atomic mass is 10.1. The van der Waals surface area contributed by atoms with Crippen LogP contribution < -0.4 is 10.1 Å². The first-order valence-corrected chi connectivity index (χ1v) is 10.2. The average Bonchev–Trinajstić information content (AvgIpc) is 3.21. The van der Waals surface area contributed by atoms with Crippen LogP contribution in [-0.2, 0) is 11.2 Å². The molecule has 3 rings (SSSR count). The van der Waals surface area contributed by atoms with Crippen LogP contribution in [0.15, 0.2) is 53.7 Å². The summed E-state index contributed by atoms with van der Waals surface area (Å²) in [5.74, 6) is 1.66. The molecule has 2 aromatic carbocycles. The first kappa shape index (κ1) is 19.9. The molecule has 6 nitrogen and oxygen atoms in total. The van der Waals surface area contributed by atoms with E-state index in [1.165, 1.54) is 17.3 Å². The minimum atomic E-state index is -0.0483. The SMILES string of the molecule is CCc1ccc(C(C)NC(=O)CSc2n[nH]c(-c3ccc(OC)cc3)n2)cc1. The molecule has 0 saturated carbocycles. The monoisotopic (exact) mass is 396 g/mol. The summed E-state index contributed by atoms with van der Waals surface area (Å²) in [7, 11) is 1.63. The Balaban J connectivity index is 1.52. The highest BCUT2D eigenvalue weighted by atomic mass is 32.2. The highest BCUT2D eigenvalue weighted by Gasteiger charge is 2.12. The number of H-pyrrole nitrogens is 1. The van der Waals surface area contributed by atoms with E-state index >= 15 is 0 Å². The molecule has 1 heterocycles. The summed E-state index contributed by atoms with van der Waals surface area (Å²) in [5.41, 5.74) is 3.29. The molecule has 1 unspecified atom stereocenters. The van der Waals surface area contributed by atoms with Gasteiger partial charge in [0.1, 0.15) is 5.75 Å². The number of benzene rings is 2. The minimum Gasteiger partial charge on any atom is -0.497 e. The summed E-state index contributed by atoms with van der Waals surface area (Å²) >= 11 is 1.30. The van der Waals surface area contributed by atoms with Crippen LogP contribution in [0.25, 0.3) is 11.4 Å². The topological polar surface area (TPSA) is 79.9 Å². The van der Waals surface area contributed by atoms with E-state index in [0.29, 0.717) is 11.0 Å². The molecule has 7 heteroatoms. The van der Waals surface area contributed by atoms with E-state index in [-0.39, 0.29) is 17.7 Å². The fourth-order valence-electron chi connectivity index (χ4n) is 2.73. The molecule has 0 aliphatic carbocycles. The molecular formula is C21H24N4O2S. The molecule has 0 radical (unpaired) electrons. The summed E-state index contributed by atoms with van der Waals surface area (Å²) in [4.78, 5) is 16.7. The second-order valence-corrected chi connectivity index (χ2v) is 7.31. The fourth-order valence-corrected chi connectivity index (χ4v) is 3.34. The van der Waals surface area contributed by atoms with E-state index in [2.05, 4.69) is 51.7 Å². The van der Waals surface area contributed by atoms with Gasteiger partial charge in [0.15, 0.2) is 5.82 Å². The van der Waals surface area contributed by atoms with Crippen molar-refractivity contribution in [2.24, 2.45) is 0 Å². The molecule has 0 saturated heterocycles. The standard InChI is InChI=1S/C21H24N4O2S/c1-4-15-5-7-16(8-6-15)14(2)22-19(26)13-28-21-23-20(24-25-21)17-9-11-18(27-3)12-10-17/h5-12,14H,4,13H2,1-3H3,(H,22,26)(H,23,24,25). The Labute approximate surface area is 169 Å². The van der Waals surface area contributed by atoms with Crippen LogP contribution in [0, 0.1) is 0 Å². The molecule has 1 aromatic heterocycles. The van der Waals surface area contributed by atoms with Gasteiger partial charge in [0.2, 0.25) is 11.1 Å². The van der Waals surface area contributed by atoms with E-state index in [1.54, 1.807) is 7.11 Å². The molecule has 0 bridgehead atoms. The van der Waals surface area contributed by atoms with Gasteiger partial charge in [-0.1, -0.05) is 43.0 Å². The van der Waals surface area contributed by atoms with Crippen molar-refractivity contribution < 1.29 is 9.53 Å². The summed E-state index contributed by atoms with van der Waals surface area (Å²) in [6.07, 6.45) is 1.01. The zero-order valence-electron chi connectivity index (χ0n) is 16.2. The molecule has 1 atom stereocenters. The maximum absolute atomic E-state index is 12.3. The zero-order valence-corrected chi connectivity index (χ0v) is 17.0. The van der Waals surface area contributed by atoms with Crippen LogP contribution in [0.5, 0.6) is 5.75 Å². The molecule has 0 aliphatic rings. The quantitative estimate of drug-likeness (QED) is 0.562. The third kappa shape index (κ3) is 5.13. The van der Waals surface area contributed by atoms with Crippen LogP contribution in [0.1, 0.15) is 31.0 Å². The highest BCUT2D eigenvalue weighted by Crippen LogP contribution is 2.22. The number of aromatic amines is 1. The van der Waals surface area contributed by atoms with Crippen LogP contribution in [-0.4, -0.2) is 34.0 Å². The fraction of sp³-hybridized carbons (Fsp3) is 0.286. The lowest BCUT2D eigenvalue weighted by Gasteiger charge is -2.14. The highest BCUT2D eigenvalue weighted by molar-refractivity contribution is 7.99. The Morgan fingerprint density at radius 1 is 1.18 bits per heavy atom. The maximum Gasteiger partial charge on any atom is 0.230 e. The van der Waals surface area contributed by atoms with Gasteiger partial charge in [-0.25, -0.2) is 4.98 Å². The molecule has 0 spiro atoms. The number of ether oxygens (including phenoxy) is 1. The van der Waals surface area contributed by atoms with Crippen molar-refractivity contribution in [2.75, 3.05) is 12.9 Å². The van der Waals surface area contributed by atoms with Gasteiger partial charge >= 0.3 is 0 Å². The Kier molecular flexibility index (Phi) is 6.71. The number of nitrogens with zero attached hydrogens (tertiary/aromatic N) is 2. The van der Waals surface area contributed by atoms with Crippen molar-refractivity contribution >= 4 is 17.7 Å². The summed E-state index contributed by atoms with van der Waals surface area (Å²) < 4.78 is 5.16. The Bertz CT molecular complexity index is 907. The largest absolute Gasteiger partial charge is 0.497 e. The molecule has 1 amide bonds. The lowest BCUT2D eigenvalue weighted by Crippen LogP contribution is -2.28. The van der Waals surface area contributed by atoms with Gasteiger partial charge in [-0.05, 0) is 48.7 Å². The number of rotatable bonds is 8. The predicted octanol–water partition coefficient (Wildman–Crippen LogP) is 4.01. The number of nitrogens with one attached hydrogen (secondary N) is 2. The van der Waals surface area contributed by atoms with Gasteiger partial charge in [0.25, 0.3) is 0 Å². The Hall–Kier alpha value is -2.80. The van der Waals surface area contributed by atoms with E-state index in [0.717, 1.165) is 23.3 Å².